The van der Waals surface area contributed by atoms with Crippen LogP contribution in [0.5, 0.6) is 0 Å². The Morgan fingerprint density at radius 3 is 2.68 bits per heavy atom. The van der Waals surface area contributed by atoms with Crippen LogP contribution in [0, 0.1) is 6.92 Å². The van der Waals surface area contributed by atoms with Crippen LogP contribution < -0.4 is 0 Å². The normalized spacial score (nSPS) is 16.8. The number of carbonyl (C=O) groups is 1. The molecule has 2 aromatic rings. The summed E-state index contributed by atoms with van der Waals surface area (Å²) in [5.74, 6) is 0.849. The molecule has 3 rings (SSSR count). The average molecular weight is 291 g/mol. The van der Waals surface area contributed by atoms with Crippen molar-refractivity contribution in [1.29, 1.82) is 0 Å². The van der Waals surface area contributed by atoms with Crippen molar-refractivity contribution >= 4 is 28.6 Å². The quantitative estimate of drug-likeness (QED) is 0.814. The minimum absolute atomic E-state index is 0.210. The maximum atomic E-state index is 12.3. The Morgan fingerprint density at radius 2 is 2.11 bits per heavy atom. The van der Waals surface area contributed by atoms with E-state index in [1.54, 1.807) is 22.7 Å². The first kappa shape index (κ1) is 12.9. The van der Waals surface area contributed by atoms with E-state index in [-0.39, 0.29) is 5.91 Å². The molecule has 0 unspecified atom stereocenters. The van der Waals surface area contributed by atoms with Crippen molar-refractivity contribution in [3.8, 4) is 0 Å². The number of hydrogen-bond acceptors (Lipinski definition) is 3. The van der Waals surface area contributed by atoms with Gasteiger partial charge in [0.15, 0.2) is 0 Å². The van der Waals surface area contributed by atoms with E-state index in [1.165, 1.54) is 11.1 Å². The maximum Gasteiger partial charge on any atom is 0.263 e. The molecule has 100 valence electrons. The Labute approximate surface area is 121 Å². The smallest absolute Gasteiger partial charge is 0.263 e. The number of amides is 1. The van der Waals surface area contributed by atoms with Crippen LogP contribution in [0.4, 0.5) is 0 Å². The molecule has 0 bridgehead atoms. The minimum atomic E-state index is 0.210. The molecule has 0 aromatic carbocycles. The highest BCUT2D eigenvalue weighted by Crippen LogP contribution is 2.30. The summed E-state index contributed by atoms with van der Waals surface area (Å²) < 4.78 is 0. The molecule has 2 aromatic heterocycles. The van der Waals surface area contributed by atoms with E-state index in [0.29, 0.717) is 5.92 Å². The van der Waals surface area contributed by atoms with Gasteiger partial charge in [-0.3, -0.25) is 4.79 Å². The Kier molecular flexibility index (Phi) is 3.71. The fourth-order valence-electron chi connectivity index (χ4n) is 2.62. The molecule has 0 radical (unpaired) electrons. The molecule has 1 fully saturated rings. The van der Waals surface area contributed by atoms with Crippen LogP contribution in [0.3, 0.4) is 0 Å². The lowest BCUT2D eigenvalue weighted by atomic mass is 9.91. The number of rotatable bonds is 2. The van der Waals surface area contributed by atoms with E-state index in [2.05, 4.69) is 16.8 Å². The van der Waals surface area contributed by atoms with Crippen LogP contribution in [0.25, 0.3) is 0 Å². The lowest BCUT2D eigenvalue weighted by Crippen LogP contribution is -2.37. The summed E-state index contributed by atoms with van der Waals surface area (Å²) in [6.07, 6.45) is 2.18. The molecule has 0 saturated carbocycles. The van der Waals surface area contributed by atoms with Crippen LogP contribution in [0.1, 0.15) is 39.6 Å². The molecule has 3 heterocycles. The second-order valence-electron chi connectivity index (χ2n) is 5.11. The van der Waals surface area contributed by atoms with Gasteiger partial charge >= 0.3 is 0 Å². The van der Waals surface area contributed by atoms with Gasteiger partial charge in [0, 0.05) is 13.1 Å². The van der Waals surface area contributed by atoms with E-state index in [0.717, 1.165) is 30.8 Å². The van der Waals surface area contributed by atoms with Gasteiger partial charge in [0.2, 0.25) is 0 Å². The van der Waals surface area contributed by atoms with Crippen LogP contribution in [0.2, 0.25) is 0 Å². The third kappa shape index (κ3) is 2.74. The minimum Gasteiger partial charge on any atom is -0.338 e. The summed E-state index contributed by atoms with van der Waals surface area (Å²) >= 11 is 3.32. The monoisotopic (exact) mass is 291 g/mol. The molecule has 1 amide bonds. The zero-order valence-corrected chi connectivity index (χ0v) is 12.6. The molecule has 0 spiro atoms. The predicted octanol–water partition coefficient (Wildman–Crippen LogP) is 4.14. The van der Waals surface area contributed by atoms with Crippen LogP contribution in [-0.2, 0) is 0 Å². The van der Waals surface area contributed by atoms with E-state index in [4.69, 9.17) is 0 Å². The van der Waals surface area contributed by atoms with Gasteiger partial charge in [0.25, 0.3) is 5.91 Å². The van der Waals surface area contributed by atoms with Gasteiger partial charge < -0.3 is 4.90 Å². The first-order valence-corrected chi connectivity index (χ1v) is 8.43. The molecular weight excluding hydrogens is 274 g/mol. The number of carbonyl (C=O) groups excluding carboxylic acids is 1. The van der Waals surface area contributed by atoms with Gasteiger partial charge in [-0.25, -0.2) is 0 Å². The Balaban J connectivity index is 1.62. The summed E-state index contributed by atoms with van der Waals surface area (Å²) in [4.78, 5) is 15.2. The number of nitrogens with zero attached hydrogens (tertiary/aromatic N) is 1. The van der Waals surface area contributed by atoms with Gasteiger partial charge in [0.05, 0.1) is 4.88 Å². The Morgan fingerprint density at radius 1 is 1.32 bits per heavy atom. The molecule has 19 heavy (non-hydrogen) atoms. The van der Waals surface area contributed by atoms with Crippen molar-refractivity contribution < 1.29 is 4.79 Å². The molecule has 0 N–H and O–H groups in total. The first-order chi connectivity index (χ1) is 9.24. The summed E-state index contributed by atoms with van der Waals surface area (Å²) in [6.45, 7) is 3.81. The largest absolute Gasteiger partial charge is 0.338 e. The summed E-state index contributed by atoms with van der Waals surface area (Å²) in [5.41, 5.74) is 2.63. The third-order valence-corrected chi connectivity index (χ3v) is 5.48. The molecule has 1 aliphatic rings. The van der Waals surface area contributed by atoms with Crippen molar-refractivity contribution in [2.45, 2.75) is 25.7 Å². The van der Waals surface area contributed by atoms with Crippen LogP contribution in [0.15, 0.2) is 28.3 Å². The van der Waals surface area contributed by atoms with E-state index in [9.17, 15) is 4.79 Å². The third-order valence-electron chi connectivity index (χ3n) is 3.74. The highest BCUT2D eigenvalue weighted by molar-refractivity contribution is 7.12. The zero-order chi connectivity index (χ0) is 13.2. The number of aryl methyl sites for hydroxylation is 1. The molecule has 4 heteroatoms. The van der Waals surface area contributed by atoms with Crippen LogP contribution >= 0.6 is 22.7 Å². The first-order valence-electron chi connectivity index (χ1n) is 6.60. The fourth-order valence-corrected chi connectivity index (χ4v) is 4.23. The Bertz CT molecular complexity index is 550. The highest BCUT2D eigenvalue weighted by atomic mass is 32.1. The number of likely N-dealkylation sites (tertiary alicyclic amines) is 1. The van der Waals surface area contributed by atoms with Crippen molar-refractivity contribution in [3.63, 3.8) is 0 Å². The highest BCUT2D eigenvalue weighted by Gasteiger charge is 2.25. The van der Waals surface area contributed by atoms with Gasteiger partial charge in [0.1, 0.15) is 0 Å². The average Bonchev–Trinajstić information content (AvgIpc) is 3.09. The number of thiophene rings is 2. The van der Waals surface area contributed by atoms with Gasteiger partial charge in [-0.05, 0) is 65.1 Å². The van der Waals surface area contributed by atoms with E-state index in [1.807, 2.05) is 23.3 Å². The molecular formula is C15H17NOS2. The van der Waals surface area contributed by atoms with Crippen molar-refractivity contribution in [3.05, 3.63) is 44.3 Å². The lowest BCUT2D eigenvalue weighted by Gasteiger charge is -2.31. The maximum absolute atomic E-state index is 12.3. The molecule has 1 aliphatic heterocycles. The molecule has 2 nitrogen and oxygen atoms in total. The van der Waals surface area contributed by atoms with E-state index >= 15 is 0 Å². The van der Waals surface area contributed by atoms with Crippen LogP contribution in [-0.4, -0.2) is 23.9 Å². The van der Waals surface area contributed by atoms with Gasteiger partial charge in [-0.2, -0.15) is 11.3 Å². The van der Waals surface area contributed by atoms with Gasteiger partial charge in [-0.15, -0.1) is 11.3 Å². The standard InChI is InChI=1S/C15H17NOS2/c1-11-8-14(19-9-11)15(17)16-5-2-12(3-6-16)13-4-7-18-10-13/h4,7-10,12H,2-3,5-6H2,1H3. The summed E-state index contributed by atoms with van der Waals surface area (Å²) in [5, 5.41) is 6.43. The predicted molar refractivity (Wildman–Crippen MR) is 81.3 cm³/mol. The molecule has 1 saturated heterocycles. The lowest BCUT2D eigenvalue weighted by molar-refractivity contribution is 0.0718. The second kappa shape index (κ2) is 5.47. The van der Waals surface area contributed by atoms with E-state index < -0.39 is 0 Å². The SMILES string of the molecule is Cc1csc(C(=O)N2CCC(c3ccsc3)CC2)c1. The zero-order valence-electron chi connectivity index (χ0n) is 11.0. The topological polar surface area (TPSA) is 20.3 Å². The molecule has 0 aliphatic carbocycles. The Hall–Kier alpha value is -1.13. The number of piperidine rings is 1. The van der Waals surface area contributed by atoms with Crippen molar-refractivity contribution in [2.24, 2.45) is 0 Å². The second-order valence-corrected chi connectivity index (χ2v) is 6.80. The summed E-state index contributed by atoms with van der Waals surface area (Å²) in [6, 6.07) is 4.22. The fraction of sp³-hybridized carbons (Fsp3) is 0.400. The van der Waals surface area contributed by atoms with Gasteiger partial charge in [-0.1, -0.05) is 0 Å². The summed E-state index contributed by atoms with van der Waals surface area (Å²) in [7, 11) is 0. The number of hydrogen-bond donors (Lipinski definition) is 0. The van der Waals surface area contributed by atoms with Crippen molar-refractivity contribution in [1.82, 2.24) is 4.90 Å². The molecule has 0 atom stereocenters. The van der Waals surface area contributed by atoms with Crippen molar-refractivity contribution in [2.75, 3.05) is 13.1 Å².